The van der Waals surface area contributed by atoms with Crippen LogP contribution in [0.4, 0.5) is 0 Å². The SMILES string of the molecule is CC(C)c1cc2ncc(-c3ccccc3)cn2n1. The van der Waals surface area contributed by atoms with Crippen LogP contribution in [-0.4, -0.2) is 14.6 Å². The molecule has 0 atom stereocenters. The molecular formula is C15H15N3. The zero-order valence-corrected chi connectivity index (χ0v) is 10.5. The van der Waals surface area contributed by atoms with Gasteiger partial charge in [0.2, 0.25) is 0 Å². The second-order valence-electron chi connectivity index (χ2n) is 4.74. The van der Waals surface area contributed by atoms with Crippen molar-refractivity contribution in [2.45, 2.75) is 19.8 Å². The van der Waals surface area contributed by atoms with Crippen molar-refractivity contribution in [3.05, 3.63) is 54.5 Å². The Hall–Kier alpha value is -2.16. The summed E-state index contributed by atoms with van der Waals surface area (Å²) < 4.78 is 1.86. The molecule has 0 radical (unpaired) electrons. The van der Waals surface area contributed by atoms with Crippen LogP contribution in [0.25, 0.3) is 16.8 Å². The van der Waals surface area contributed by atoms with Crippen LogP contribution >= 0.6 is 0 Å². The average molecular weight is 237 g/mol. The van der Waals surface area contributed by atoms with E-state index in [1.54, 1.807) is 0 Å². The quantitative estimate of drug-likeness (QED) is 0.682. The molecule has 0 saturated heterocycles. The molecule has 0 spiro atoms. The summed E-state index contributed by atoms with van der Waals surface area (Å²) in [6.07, 6.45) is 3.93. The first kappa shape index (κ1) is 11.0. The second kappa shape index (κ2) is 4.26. The van der Waals surface area contributed by atoms with Gasteiger partial charge in [-0.15, -0.1) is 0 Å². The summed E-state index contributed by atoms with van der Waals surface area (Å²) in [5, 5.41) is 4.55. The fraction of sp³-hybridized carbons (Fsp3) is 0.200. The minimum Gasteiger partial charge on any atom is -0.236 e. The average Bonchev–Trinajstić information content (AvgIpc) is 2.82. The largest absolute Gasteiger partial charge is 0.236 e. The Labute approximate surface area is 106 Å². The van der Waals surface area contributed by atoms with Crippen LogP contribution in [0.1, 0.15) is 25.5 Å². The normalized spacial score (nSPS) is 11.3. The maximum atomic E-state index is 4.55. The van der Waals surface area contributed by atoms with Crippen molar-refractivity contribution in [1.29, 1.82) is 0 Å². The van der Waals surface area contributed by atoms with E-state index in [0.717, 1.165) is 22.5 Å². The van der Waals surface area contributed by atoms with Gasteiger partial charge in [0.25, 0.3) is 0 Å². The zero-order valence-electron chi connectivity index (χ0n) is 10.5. The molecule has 0 N–H and O–H groups in total. The number of hydrogen-bond acceptors (Lipinski definition) is 2. The molecule has 1 aromatic carbocycles. The molecule has 0 aliphatic heterocycles. The van der Waals surface area contributed by atoms with E-state index >= 15 is 0 Å². The van der Waals surface area contributed by atoms with E-state index in [4.69, 9.17) is 0 Å². The topological polar surface area (TPSA) is 30.2 Å². The van der Waals surface area contributed by atoms with E-state index in [0.29, 0.717) is 5.92 Å². The lowest BCUT2D eigenvalue weighted by molar-refractivity contribution is 0.786. The van der Waals surface area contributed by atoms with Crippen LogP contribution in [0.3, 0.4) is 0 Å². The van der Waals surface area contributed by atoms with Crippen molar-refractivity contribution in [2.24, 2.45) is 0 Å². The van der Waals surface area contributed by atoms with Crippen LogP contribution < -0.4 is 0 Å². The van der Waals surface area contributed by atoms with E-state index in [9.17, 15) is 0 Å². The molecular weight excluding hydrogens is 222 g/mol. The minimum atomic E-state index is 0.423. The zero-order chi connectivity index (χ0) is 12.5. The Balaban J connectivity index is 2.11. The standard InChI is InChI=1S/C15H15N3/c1-11(2)14-8-15-16-9-13(10-18(15)17-14)12-6-4-3-5-7-12/h3-11H,1-2H3. The first-order chi connectivity index (χ1) is 8.74. The van der Waals surface area contributed by atoms with Crippen LogP contribution in [0, 0.1) is 0 Å². The Morgan fingerprint density at radius 3 is 2.56 bits per heavy atom. The fourth-order valence-electron chi connectivity index (χ4n) is 1.96. The maximum Gasteiger partial charge on any atom is 0.155 e. The molecule has 0 unspecified atom stereocenters. The van der Waals surface area contributed by atoms with E-state index in [-0.39, 0.29) is 0 Å². The van der Waals surface area contributed by atoms with Crippen molar-refractivity contribution < 1.29 is 0 Å². The van der Waals surface area contributed by atoms with Gasteiger partial charge in [0.05, 0.1) is 5.69 Å². The van der Waals surface area contributed by atoms with Crippen molar-refractivity contribution in [3.63, 3.8) is 0 Å². The number of rotatable bonds is 2. The minimum absolute atomic E-state index is 0.423. The molecule has 18 heavy (non-hydrogen) atoms. The van der Waals surface area contributed by atoms with Crippen molar-refractivity contribution >= 4 is 5.65 Å². The van der Waals surface area contributed by atoms with Gasteiger partial charge >= 0.3 is 0 Å². The Kier molecular flexibility index (Phi) is 2.59. The Morgan fingerprint density at radius 2 is 1.83 bits per heavy atom. The molecule has 3 aromatic rings. The first-order valence-corrected chi connectivity index (χ1v) is 6.15. The van der Waals surface area contributed by atoms with Gasteiger partial charge in [0, 0.05) is 24.0 Å². The Morgan fingerprint density at radius 1 is 1.06 bits per heavy atom. The highest BCUT2D eigenvalue weighted by Crippen LogP contribution is 2.20. The van der Waals surface area contributed by atoms with Crippen LogP contribution in [0.5, 0.6) is 0 Å². The highest BCUT2D eigenvalue weighted by Gasteiger charge is 2.07. The predicted octanol–water partition coefficient (Wildman–Crippen LogP) is 3.52. The molecule has 3 rings (SSSR count). The summed E-state index contributed by atoms with van der Waals surface area (Å²) in [6.45, 7) is 4.28. The molecule has 2 heterocycles. The van der Waals surface area contributed by atoms with Gasteiger partial charge in [-0.1, -0.05) is 44.2 Å². The third-order valence-electron chi connectivity index (χ3n) is 3.03. The summed E-state index contributed by atoms with van der Waals surface area (Å²) in [4.78, 5) is 4.46. The van der Waals surface area contributed by atoms with Crippen molar-refractivity contribution in [1.82, 2.24) is 14.6 Å². The number of aromatic nitrogens is 3. The van der Waals surface area contributed by atoms with Gasteiger partial charge in [-0.25, -0.2) is 9.50 Å². The molecule has 0 bridgehead atoms. The first-order valence-electron chi connectivity index (χ1n) is 6.15. The highest BCUT2D eigenvalue weighted by atomic mass is 15.2. The summed E-state index contributed by atoms with van der Waals surface area (Å²) in [5.74, 6) is 0.423. The van der Waals surface area contributed by atoms with E-state index < -0.39 is 0 Å². The van der Waals surface area contributed by atoms with E-state index in [2.05, 4.69) is 36.1 Å². The van der Waals surface area contributed by atoms with Gasteiger partial charge in [0.15, 0.2) is 5.65 Å². The summed E-state index contributed by atoms with van der Waals surface area (Å²) in [7, 11) is 0. The van der Waals surface area contributed by atoms with Gasteiger partial charge in [-0.05, 0) is 11.5 Å². The summed E-state index contributed by atoms with van der Waals surface area (Å²) >= 11 is 0. The molecule has 3 nitrogen and oxygen atoms in total. The molecule has 2 aromatic heterocycles. The number of benzene rings is 1. The third kappa shape index (κ3) is 1.88. The van der Waals surface area contributed by atoms with Gasteiger partial charge in [0.1, 0.15) is 0 Å². The van der Waals surface area contributed by atoms with Crippen molar-refractivity contribution in [3.8, 4) is 11.1 Å². The van der Waals surface area contributed by atoms with E-state index in [1.165, 1.54) is 0 Å². The molecule has 0 fully saturated rings. The molecule has 0 aliphatic carbocycles. The number of fused-ring (bicyclic) bond motifs is 1. The number of nitrogens with zero attached hydrogens (tertiary/aromatic N) is 3. The van der Waals surface area contributed by atoms with E-state index in [1.807, 2.05) is 41.2 Å². The molecule has 0 amide bonds. The highest BCUT2D eigenvalue weighted by molar-refractivity contribution is 5.62. The van der Waals surface area contributed by atoms with Gasteiger partial charge < -0.3 is 0 Å². The van der Waals surface area contributed by atoms with Gasteiger partial charge in [-0.3, -0.25) is 0 Å². The van der Waals surface area contributed by atoms with Crippen LogP contribution in [0.2, 0.25) is 0 Å². The van der Waals surface area contributed by atoms with Crippen molar-refractivity contribution in [2.75, 3.05) is 0 Å². The monoisotopic (exact) mass is 237 g/mol. The summed E-state index contributed by atoms with van der Waals surface area (Å²) in [5.41, 5.74) is 4.22. The Bertz CT molecular complexity index is 669. The van der Waals surface area contributed by atoms with Crippen LogP contribution in [-0.2, 0) is 0 Å². The lowest BCUT2D eigenvalue weighted by atomic mass is 10.1. The second-order valence-corrected chi connectivity index (χ2v) is 4.74. The molecule has 0 saturated carbocycles. The lowest BCUT2D eigenvalue weighted by Crippen LogP contribution is -1.93. The summed E-state index contributed by atoms with van der Waals surface area (Å²) in [6, 6.07) is 12.3. The fourth-order valence-corrected chi connectivity index (χ4v) is 1.96. The number of hydrogen-bond donors (Lipinski definition) is 0. The maximum absolute atomic E-state index is 4.55. The molecule has 0 aliphatic rings. The molecule has 90 valence electrons. The predicted molar refractivity (Wildman–Crippen MR) is 72.5 cm³/mol. The third-order valence-corrected chi connectivity index (χ3v) is 3.03. The smallest absolute Gasteiger partial charge is 0.155 e. The van der Waals surface area contributed by atoms with Gasteiger partial charge in [-0.2, -0.15) is 5.10 Å². The molecule has 3 heteroatoms. The lowest BCUT2D eigenvalue weighted by Gasteiger charge is -2.01. The van der Waals surface area contributed by atoms with Crippen LogP contribution in [0.15, 0.2) is 48.8 Å².